The first kappa shape index (κ1) is 14.5. The lowest BCUT2D eigenvalue weighted by Gasteiger charge is -2.17. The smallest absolute Gasteiger partial charge is 0.269 e. The lowest BCUT2D eigenvalue weighted by Crippen LogP contribution is -2.28. The van der Waals surface area contributed by atoms with Crippen molar-refractivity contribution in [3.8, 4) is 0 Å². The molecular formula is C14H23N3O. The van der Waals surface area contributed by atoms with Crippen LogP contribution in [0.3, 0.4) is 0 Å². The first-order chi connectivity index (χ1) is 8.42. The number of rotatable bonds is 5. The van der Waals surface area contributed by atoms with E-state index in [-0.39, 0.29) is 11.3 Å². The van der Waals surface area contributed by atoms with Crippen molar-refractivity contribution in [2.75, 3.05) is 18.4 Å². The predicted octanol–water partition coefficient (Wildman–Crippen LogP) is 2.68. The van der Waals surface area contributed by atoms with Gasteiger partial charge in [0, 0.05) is 25.0 Å². The van der Waals surface area contributed by atoms with Gasteiger partial charge in [-0.25, -0.2) is 0 Å². The third-order valence-corrected chi connectivity index (χ3v) is 2.53. The first-order valence-electron chi connectivity index (χ1n) is 6.40. The van der Waals surface area contributed by atoms with Gasteiger partial charge in [0.15, 0.2) is 0 Å². The van der Waals surface area contributed by atoms with Gasteiger partial charge in [0.2, 0.25) is 0 Å². The second-order valence-corrected chi connectivity index (χ2v) is 5.53. The molecular weight excluding hydrogens is 226 g/mol. The van der Waals surface area contributed by atoms with Crippen LogP contribution in [0.2, 0.25) is 0 Å². The molecule has 18 heavy (non-hydrogen) atoms. The van der Waals surface area contributed by atoms with E-state index in [9.17, 15) is 4.79 Å². The Balaban J connectivity index is 2.53. The van der Waals surface area contributed by atoms with Crippen molar-refractivity contribution in [2.24, 2.45) is 5.41 Å². The molecule has 1 rings (SSSR count). The van der Waals surface area contributed by atoms with Gasteiger partial charge in [-0.05, 0) is 30.9 Å². The van der Waals surface area contributed by atoms with E-state index in [2.05, 4.69) is 36.4 Å². The molecule has 1 amide bonds. The molecule has 2 N–H and O–H groups in total. The molecule has 4 heteroatoms. The van der Waals surface area contributed by atoms with Crippen LogP contribution in [0.25, 0.3) is 0 Å². The Kier molecular flexibility index (Phi) is 5.13. The van der Waals surface area contributed by atoms with Crippen molar-refractivity contribution < 1.29 is 4.79 Å². The van der Waals surface area contributed by atoms with Crippen LogP contribution in [-0.4, -0.2) is 24.0 Å². The van der Waals surface area contributed by atoms with Gasteiger partial charge in [-0.15, -0.1) is 0 Å². The van der Waals surface area contributed by atoms with Crippen molar-refractivity contribution in [1.29, 1.82) is 0 Å². The highest BCUT2D eigenvalue weighted by atomic mass is 16.1. The van der Waals surface area contributed by atoms with Gasteiger partial charge in [-0.2, -0.15) is 0 Å². The summed E-state index contributed by atoms with van der Waals surface area (Å²) in [6.45, 7) is 9.99. The van der Waals surface area contributed by atoms with E-state index in [1.807, 2.05) is 13.0 Å². The molecule has 0 aromatic carbocycles. The number of carbonyl (C=O) groups excluding carboxylic acids is 1. The Bertz CT molecular complexity index is 396. The fourth-order valence-corrected chi connectivity index (χ4v) is 1.51. The zero-order chi connectivity index (χ0) is 13.6. The molecule has 0 spiro atoms. The van der Waals surface area contributed by atoms with Gasteiger partial charge in [0.1, 0.15) is 5.69 Å². The molecule has 0 atom stereocenters. The molecule has 0 bridgehead atoms. The standard InChI is InChI=1S/C14H23N3O/c1-5-15-11-6-8-16-12(10-11)13(18)17-9-7-14(2,3)4/h6,8,10H,5,7,9H2,1-4H3,(H,15,16)(H,17,18). The van der Waals surface area contributed by atoms with Gasteiger partial charge in [0.25, 0.3) is 5.91 Å². The van der Waals surface area contributed by atoms with E-state index in [1.165, 1.54) is 0 Å². The summed E-state index contributed by atoms with van der Waals surface area (Å²) in [6.07, 6.45) is 2.60. The summed E-state index contributed by atoms with van der Waals surface area (Å²) in [6, 6.07) is 3.63. The predicted molar refractivity (Wildman–Crippen MR) is 74.8 cm³/mol. The summed E-state index contributed by atoms with van der Waals surface area (Å²) in [5.41, 5.74) is 1.61. The number of nitrogens with zero attached hydrogens (tertiary/aromatic N) is 1. The maximum absolute atomic E-state index is 11.9. The Hall–Kier alpha value is -1.58. The molecule has 100 valence electrons. The summed E-state index contributed by atoms with van der Waals surface area (Å²) >= 11 is 0. The highest BCUT2D eigenvalue weighted by molar-refractivity contribution is 5.93. The summed E-state index contributed by atoms with van der Waals surface area (Å²) in [5, 5.41) is 6.06. The van der Waals surface area contributed by atoms with Gasteiger partial charge < -0.3 is 10.6 Å². The summed E-state index contributed by atoms with van der Waals surface area (Å²) < 4.78 is 0. The third kappa shape index (κ3) is 5.17. The molecule has 1 aromatic rings. The van der Waals surface area contributed by atoms with E-state index in [1.54, 1.807) is 12.3 Å². The number of hydrogen-bond donors (Lipinski definition) is 2. The third-order valence-electron chi connectivity index (χ3n) is 2.53. The van der Waals surface area contributed by atoms with Crippen LogP contribution >= 0.6 is 0 Å². The molecule has 0 radical (unpaired) electrons. The summed E-state index contributed by atoms with van der Waals surface area (Å²) in [4.78, 5) is 16.0. The van der Waals surface area contributed by atoms with Crippen LogP contribution in [-0.2, 0) is 0 Å². The second kappa shape index (κ2) is 6.38. The Labute approximate surface area is 109 Å². The largest absolute Gasteiger partial charge is 0.385 e. The fourth-order valence-electron chi connectivity index (χ4n) is 1.51. The van der Waals surface area contributed by atoms with Crippen LogP contribution in [0.5, 0.6) is 0 Å². The molecule has 0 saturated heterocycles. The minimum Gasteiger partial charge on any atom is -0.385 e. The number of anilines is 1. The van der Waals surface area contributed by atoms with E-state index >= 15 is 0 Å². The Morgan fingerprint density at radius 2 is 2.11 bits per heavy atom. The maximum atomic E-state index is 11.9. The molecule has 0 unspecified atom stereocenters. The van der Waals surface area contributed by atoms with Crippen LogP contribution < -0.4 is 10.6 Å². The maximum Gasteiger partial charge on any atom is 0.269 e. The van der Waals surface area contributed by atoms with Gasteiger partial charge in [0.05, 0.1) is 0 Å². The summed E-state index contributed by atoms with van der Waals surface area (Å²) in [5.74, 6) is -0.112. The monoisotopic (exact) mass is 249 g/mol. The van der Waals surface area contributed by atoms with Crippen LogP contribution in [0.1, 0.15) is 44.6 Å². The lowest BCUT2D eigenvalue weighted by molar-refractivity contribution is 0.0944. The first-order valence-corrected chi connectivity index (χ1v) is 6.40. The highest BCUT2D eigenvalue weighted by Gasteiger charge is 2.12. The molecule has 0 aliphatic heterocycles. The van der Waals surface area contributed by atoms with Crippen molar-refractivity contribution in [2.45, 2.75) is 34.1 Å². The SMILES string of the molecule is CCNc1ccnc(C(=O)NCCC(C)(C)C)c1. The van der Waals surface area contributed by atoms with Crippen molar-refractivity contribution in [1.82, 2.24) is 10.3 Å². The van der Waals surface area contributed by atoms with Crippen molar-refractivity contribution in [3.63, 3.8) is 0 Å². The molecule has 0 fully saturated rings. The summed E-state index contributed by atoms with van der Waals surface area (Å²) in [7, 11) is 0. The Morgan fingerprint density at radius 3 is 2.72 bits per heavy atom. The highest BCUT2D eigenvalue weighted by Crippen LogP contribution is 2.17. The van der Waals surface area contributed by atoms with Crippen molar-refractivity contribution >= 4 is 11.6 Å². The zero-order valence-corrected chi connectivity index (χ0v) is 11.7. The lowest BCUT2D eigenvalue weighted by atomic mass is 9.92. The van der Waals surface area contributed by atoms with E-state index in [0.29, 0.717) is 12.2 Å². The van der Waals surface area contributed by atoms with Gasteiger partial charge in [-0.1, -0.05) is 20.8 Å². The average Bonchev–Trinajstić information content (AvgIpc) is 2.28. The fraction of sp³-hybridized carbons (Fsp3) is 0.571. The minimum atomic E-state index is -0.112. The van der Waals surface area contributed by atoms with Crippen molar-refractivity contribution in [3.05, 3.63) is 24.0 Å². The number of pyridine rings is 1. The molecule has 0 aliphatic carbocycles. The molecule has 4 nitrogen and oxygen atoms in total. The van der Waals surface area contributed by atoms with E-state index in [0.717, 1.165) is 18.7 Å². The van der Waals surface area contributed by atoms with Crippen LogP contribution in [0.4, 0.5) is 5.69 Å². The Morgan fingerprint density at radius 1 is 1.39 bits per heavy atom. The topological polar surface area (TPSA) is 54.0 Å². The molecule has 1 heterocycles. The molecule has 0 saturated carbocycles. The number of hydrogen-bond acceptors (Lipinski definition) is 3. The minimum absolute atomic E-state index is 0.112. The zero-order valence-electron chi connectivity index (χ0n) is 11.7. The number of amides is 1. The molecule has 0 aliphatic rings. The van der Waals surface area contributed by atoms with E-state index in [4.69, 9.17) is 0 Å². The molecule has 1 aromatic heterocycles. The average molecular weight is 249 g/mol. The number of nitrogens with one attached hydrogen (secondary N) is 2. The number of aromatic nitrogens is 1. The second-order valence-electron chi connectivity index (χ2n) is 5.53. The normalized spacial score (nSPS) is 11.1. The quantitative estimate of drug-likeness (QED) is 0.843. The van der Waals surface area contributed by atoms with E-state index < -0.39 is 0 Å². The number of carbonyl (C=O) groups is 1. The van der Waals surface area contributed by atoms with Crippen LogP contribution in [0.15, 0.2) is 18.3 Å². The van der Waals surface area contributed by atoms with Crippen LogP contribution in [0, 0.1) is 5.41 Å². The van der Waals surface area contributed by atoms with Gasteiger partial charge >= 0.3 is 0 Å². The van der Waals surface area contributed by atoms with Gasteiger partial charge in [-0.3, -0.25) is 9.78 Å².